The molecule has 1 aliphatic rings. The molecule has 2 N–H and O–H groups in total. The highest BCUT2D eigenvalue weighted by Crippen LogP contribution is 2.35. The lowest BCUT2D eigenvalue weighted by Crippen LogP contribution is -2.27. The molecule has 0 saturated carbocycles. The Kier molecular flexibility index (Phi) is 6.22. The molecule has 4 nitrogen and oxygen atoms in total. The minimum atomic E-state index is -4.42. The minimum absolute atomic E-state index is 0.00240. The minimum Gasteiger partial charge on any atom is -0.359 e. The van der Waals surface area contributed by atoms with Crippen LogP contribution in [0.15, 0.2) is 66.7 Å². The van der Waals surface area contributed by atoms with Gasteiger partial charge in [0.25, 0.3) is 5.91 Å². The predicted molar refractivity (Wildman–Crippen MR) is 119 cm³/mol. The van der Waals surface area contributed by atoms with Crippen molar-refractivity contribution in [3.05, 3.63) is 94.5 Å². The predicted octanol–water partition coefficient (Wildman–Crippen LogP) is 4.76. The molecule has 3 aromatic rings. The number of benzene rings is 3. The Morgan fingerprint density at radius 1 is 0.970 bits per heavy atom. The summed E-state index contributed by atoms with van der Waals surface area (Å²) in [4.78, 5) is 24.6. The molecule has 2 amide bonds. The maximum atomic E-state index is 12.9. The monoisotopic (exact) mass is 452 g/mol. The van der Waals surface area contributed by atoms with Gasteiger partial charge in [-0.15, -0.1) is 0 Å². The lowest BCUT2D eigenvalue weighted by Gasteiger charge is -2.11. The van der Waals surface area contributed by atoms with Crippen molar-refractivity contribution in [1.29, 1.82) is 0 Å². The molecule has 3 aromatic carbocycles. The van der Waals surface area contributed by atoms with E-state index in [4.69, 9.17) is 0 Å². The fourth-order valence-electron chi connectivity index (χ4n) is 4.25. The second-order valence-electron chi connectivity index (χ2n) is 8.12. The average Bonchev–Trinajstić information content (AvgIpc) is 3.26. The zero-order chi connectivity index (χ0) is 23.6. The number of hydrogen-bond donors (Lipinski definition) is 2. The van der Waals surface area contributed by atoms with E-state index in [-0.39, 0.29) is 24.3 Å². The van der Waals surface area contributed by atoms with Crippen LogP contribution in [-0.2, 0) is 30.4 Å². The van der Waals surface area contributed by atoms with Gasteiger partial charge in [-0.2, -0.15) is 13.2 Å². The summed E-state index contributed by atoms with van der Waals surface area (Å²) in [6.07, 6.45) is -3.04. The van der Waals surface area contributed by atoms with Gasteiger partial charge in [-0.3, -0.25) is 9.59 Å². The van der Waals surface area contributed by atoms with Crippen molar-refractivity contribution in [3.63, 3.8) is 0 Å². The van der Waals surface area contributed by atoms with Gasteiger partial charge in [0.2, 0.25) is 5.91 Å². The van der Waals surface area contributed by atoms with Crippen molar-refractivity contribution in [2.24, 2.45) is 5.92 Å². The van der Waals surface area contributed by atoms with Gasteiger partial charge in [0, 0.05) is 25.1 Å². The summed E-state index contributed by atoms with van der Waals surface area (Å²) >= 11 is 0. The first-order chi connectivity index (χ1) is 15.8. The molecule has 0 bridgehead atoms. The van der Waals surface area contributed by atoms with E-state index in [2.05, 4.69) is 10.6 Å². The molecule has 1 atom stereocenters. The second kappa shape index (κ2) is 9.10. The number of rotatable bonds is 5. The topological polar surface area (TPSA) is 58.2 Å². The molecule has 1 aliphatic carbocycles. The molecule has 0 fully saturated rings. The molecule has 7 heteroatoms. The van der Waals surface area contributed by atoms with Gasteiger partial charge in [-0.1, -0.05) is 42.5 Å². The third-order valence-electron chi connectivity index (χ3n) is 5.97. The number of halogens is 3. The number of amides is 2. The van der Waals surface area contributed by atoms with Crippen molar-refractivity contribution in [2.45, 2.75) is 25.6 Å². The SMILES string of the molecule is CNC(=O)C1Cc2cccc(-c3ccc(C(=O)NCc4cccc(C(F)(F)F)c4)cc3)c2C1. The van der Waals surface area contributed by atoms with Crippen LogP contribution >= 0.6 is 0 Å². The molecular weight excluding hydrogens is 429 g/mol. The van der Waals surface area contributed by atoms with Crippen LogP contribution in [0.2, 0.25) is 0 Å². The van der Waals surface area contributed by atoms with Gasteiger partial charge in [-0.25, -0.2) is 0 Å². The van der Waals surface area contributed by atoms with Crippen molar-refractivity contribution < 1.29 is 22.8 Å². The lowest BCUT2D eigenvalue weighted by atomic mass is 9.95. The van der Waals surface area contributed by atoms with E-state index in [1.807, 2.05) is 30.3 Å². The largest absolute Gasteiger partial charge is 0.416 e. The molecule has 170 valence electrons. The summed E-state index contributed by atoms with van der Waals surface area (Å²) in [7, 11) is 1.64. The second-order valence-corrected chi connectivity index (χ2v) is 8.12. The van der Waals surface area contributed by atoms with Crippen LogP contribution in [0.25, 0.3) is 11.1 Å². The number of nitrogens with one attached hydrogen (secondary N) is 2. The third-order valence-corrected chi connectivity index (χ3v) is 5.97. The Labute approximate surface area is 189 Å². The number of hydrogen-bond acceptors (Lipinski definition) is 2. The molecule has 0 spiro atoms. The summed E-state index contributed by atoms with van der Waals surface area (Å²) in [6.45, 7) is -0.00240. The molecule has 0 saturated heterocycles. The third kappa shape index (κ3) is 4.92. The van der Waals surface area contributed by atoms with E-state index in [9.17, 15) is 22.8 Å². The Balaban J connectivity index is 1.45. The van der Waals surface area contributed by atoms with Crippen LogP contribution in [-0.4, -0.2) is 18.9 Å². The van der Waals surface area contributed by atoms with Crippen molar-refractivity contribution >= 4 is 11.8 Å². The first-order valence-electron chi connectivity index (χ1n) is 10.6. The first kappa shape index (κ1) is 22.6. The number of alkyl halides is 3. The smallest absolute Gasteiger partial charge is 0.359 e. The number of carbonyl (C=O) groups is 2. The zero-order valence-electron chi connectivity index (χ0n) is 18.0. The number of fused-ring (bicyclic) bond motifs is 1. The number of carbonyl (C=O) groups excluding carboxylic acids is 2. The van der Waals surface area contributed by atoms with Gasteiger partial charge in [0.05, 0.1) is 5.56 Å². The quantitative estimate of drug-likeness (QED) is 0.586. The fourth-order valence-corrected chi connectivity index (χ4v) is 4.25. The fraction of sp³-hybridized carbons (Fsp3) is 0.231. The molecule has 4 rings (SSSR count). The van der Waals surface area contributed by atoms with Crippen LogP contribution in [0, 0.1) is 5.92 Å². The first-order valence-corrected chi connectivity index (χ1v) is 10.6. The van der Waals surface area contributed by atoms with E-state index in [1.54, 1.807) is 25.2 Å². The molecule has 0 aliphatic heterocycles. The van der Waals surface area contributed by atoms with Gasteiger partial charge in [0.1, 0.15) is 0 Å². The Hall–Kier alpha value is -3.61. The van der Waals surface area contributed by atoms with E-state index < -0.39 is 11.7 Å². The summed E-state index contributed by atoms with van der Waals surface area (Å²) in [6, 6.07) is 18.0. The van der Waals surface area contributed by atoms with Gasteiger partial charge >= 0.3 is 6.18 Å². The Bertz CT molecular complexity index is 1190. The Morgan fingerprint density at radius 3 is 2.39 bits per heavy atom. The molecule has 1 unspecified atom stereocenters. The molecule has 0 aromatic heterocycles. The highest BCUT2D eigenvalue weighted by Gasteiger charge is 2.30. The molecule has 33 heavy (non-hydrogen) atoms. The highest BCUT2D eigenvalue weighted by atomic mass is 19.4. The van der Waals surface area contributed by atoms with Crippen LogP contribution in [0.4, 0.5) is 13.2 Å². The summed E-state index contributed by atoms with van der Waals surface area (Å²) in [5.74, 6) is -0.408. The zero-order valence-corrected chi connectivity index (χ0v) is 18.0. The van der Waals surface area contributed by atoms with Crippen molar-refractivity contribution in [3.8, 4) is 11.1 Å². The van der Waals surface area contributed by atoms with E-state index in [1.165, 1.54) is 6.07 Å². The van der Waals surface area contributed by atoms with Gasteiger partial charge in [0.15, 0.2) is 0 Å². The lowest BCUT2D eigenvalue weighted by molar-refractivity contribution is -0.137. The average molecular weight is 452 g/mol. The molecular formula is C26H23F3N2O2. The summed E-state index contributed by atoms with van der Waals surface area (Å²) in [5.41, 5.74) is 4.33. The maximum absolute atomic E-state index is 12.9. The van der Waals surface area contributed by atoms with Gasteiger partial charge < -0.3 is 10.6 Å². The maximum Gasteiger partial charge on any atom is 0.416 e. The Morgan fingerprint density at radius 2 is 1.70 bits per heavy atom. The van der Waals surface area contributed by atoms with Gasteiger partial charge in [-0.05, 0) is 64.9 Å². The normalized spacial score (nSPS) is 15.1. The molecule has 0 heterocycles. The van der Waals surface area contributed by atoms with Crippen molar-refractivity contribution in [2.75, 3.05) is 7.05 Å². The van der Waals surface area contributed by atoms with E-state index in [0.717, 1.165) is 34.4 Å². The van der Waals surface area contributed by atoms with Crippen LogP contribution < -0.4 is 10.6 Å². The van der Waals surface area contributed by atoms with E-state index in [0.29, 0.717) is 24.0 Å². The summed E-state index contributed by atoms with van der Waals surface area (Å²) in [5, 5.41) is 5.38. The molecule has 0 radical (unpaired) electrons. The van der Waals surface area contributed by atoms with Crippen LogP contribution in [0.5, 0.6) is 0 Å². The van der Waals surface area contributed by atoms with Crippen molar-refractivity contribution in [1.82, 2.24) is 10.6 Å². The standard InChI is InChI=1S/C26H23F3N2O2/c1-30-24(32)20-13-19-5-3-7-22(23(19)14-20)17-8-10-18(11-9-17)25(33)31-15-16-4-2-6-21(12-16)26(27,28)29/h2-12,20H,13-15H2,1H3,(H,30,32)(H,31,33). The van der Waals surface area contributed by atoms with Crippen LogP contribution in [0.1, 0.15) is 32.6 Å². The summed E-state index contributed by atoms with van der Waals surface area (Å²) < 4.78 is 38.6. The van der Waals surface area contributed by atoms with Crippen LogP contribution in [0.3, 0.4) is 0 Å². The van der Waals surface area contributed by atoms with E-state index >= 15 is 0 Å². The highest BCUT2D eigenvalue weighted by molar-refractivity contribution is 5.94.